The second-order valence-corrected chi connectivity index (χ2v) is 5.59. The second kappa shape index (κ2) is 9.42. The fourth-order valence-corrected chi connectivity index (χ4v) is 2.66. The third kappa shape index (κ3) is 5.06. The number of para-hydroxylation sites is 1. The predicted octanol–water partition coefficient (Wildman–Crippen LogP) is 1.84. The van der Waals surface area contributed by atoms with Crippen molar-refractivity contribution >= 4 is 35.3 Å². The molecule has 1 aromatic heterocycles. The minimum Gasteiger partial charge on any atom is -0.379 e. The van der Waals surface area contributed by atoms with Crippen molar-refractivity contribution in [3.8, 4) is 0 Å². The van der Waals surface area contributed by atoms with Gasteiger partial charge in [0.05, 0.1) is 24.4 Å². The Labute approximate surface area is 147 Å². The van der Waals surface area contributed by atoms with Gasteiger partial charge < -0.3 is 10.1 Å². The van der Waals surface area contributed by atoms with E-state index in [1.807, 2.05) is 24.3 Å². The van der Waals surface area contributed by atoms with E-state index in [1.54, 1.807) is 6.08 Å². The van der Waals surface area contributed by atoms with Gasteiger partial charge in [0.15, 0.2) is 0 Å². The molecule has 0 saturated carbocycles. The van der Waals surface area contributed by atoms with Gasteiger partial charge in [-0.15, -0.1) is 12.4 Å². The van der Waals surface area contributed by atoms with Gasteiger partial charge in [0.25, 0.3) is 0 Å². The van der Waals surface area contributed by atoms with Gasteiger partial charge in [0.1, 0.15) is 0 Å². The van der Waals surface area contributed by atoms with Gasteiger partial charge in [-0.1, -0.05) is 18.2 Å². The topological polar surface area (TPSA) is 70.2 Å². The number of nitrogens with one attached hydrogen (secondary N) is 2. The predicted molar refractivity (Wildman–Crippen MR) is 97.3 cm³/mol. The van der Waals surface area contributed by atoms with Crippen molar-refractivity contribution in [1.82, 2.24) is 20.4 Å². The first kappa shape index (κ1) is 18.4. The van der Waals surface area contributed by atoms with Crippen molar-refractivity contribution in [3.63, 3.8) is 0 Å². The largest absolute Gasteiger partial charge is 0.379 e. The molecule has 1 saturated heterocycles. The zero-order valence-electron chi connectivity index (χ0n) is 13.5. The molecule has 2 heterocycles. The molecule has 6 nitrogen and oxygen atoms in total. The lowest BCUT2D eigenvalue weighted by molar-refractivity contribution is -0.116. The molecule has 0 radical (unpaired) electrons. The molecule has 3 rings (SSSR count). The fraction of sp³-hybridized carbons (Fsp3) is 0.412. The number of carbonyl (C=O) groups excluding carboxylic acids is 1. The molecule has 0 unspecified atom stereocenters. The summed E-state index contributed by atoms with van der Waals surface area (Å²) in [6.45, 7) is 5.28. The molecule has 2 aromatic rings. The molecule has 1 aliphatic heterocycles. The van der Waals surface area contributed by atoms with Gasteiger partial charge in [-0.25, -0.2) is 0 Å². The van der Waals surface area contributed by atoms with Gasteiger partial charge in [-0.2, -0.15) is 5.10 Å². The highest BCUT2D eigenvalue weighted by molar-refractivity contribution is 5.95. The number of morpholine rings is 1. The summed E-state index contributed by atoms with van der Waals surface area (Å²) >= 11 is 0. The molecular formula is C17H23ClN4O2. The Hall–Kier alpha value is -1.89. The molecule has 2 N–H and O–H groups in total. The van der Waals surface area contributed by atoms with Crippen LogP contribution < -0.4 is 5.32 Å². The Bertz CT molecular complexity index is 680. The maximum atomic E-state index is 11.9. The average Bonchev–Trinajstić information content (AvgIpc) is 3.01. The standard InChI is InChI=1S/C17H22N4O2.ClH/c22-17(18-8-3-9-21-10-12-23-13-11-21)7-6-16-14-4-1-2-5-15(14)19-20-16;/h1-2,4-7H,3,8-13H2,(H,18,22)(H,19,20);1H/b7-6+;. The Morgan fingerprint density at radius 2 is 2.12 bits per heavy atom. The van der Waals surface area contributed by atoms with Crippen LogP contribution in [0.2, 0.25) is 0 Å². The molecule has 1 fully saturated rings. The number of amides is 1. The van der Waals surface area contributed by atoms with Crippen molar-refractivity contribution in [2.24, 2.45) is 0 Å². The lowest BCUT2D eigenvalue weighted by Crippen LogP contribution is -2.38. The number of aromatic amines is 1. The first-order chi connectivity index (χ1) is 11.3. The van der Waals surface area contributed by atoms with Crippen molar-refractivity contribution in [3.05, 3.63) is 36.0 Å². The molecule has 1 amide bonds. The number of carbonyl (C=O) groups is 1. The number of fused-ring (bicyclic) bond motifs is 1. The Balaban J connectivity index is 0.00000208. The highest BCUT2D eigenvalue weighted by atomic mass is 35.5. The average molecular weight is 351 g/mol. The molecule has 7 heteroatoms. The SMILES string of the molecule is Cl.O=C(/C=C/c1n[nH]c2ccccc12)NCCCN1CCOCC1. The third-order valence-electron chi connectivity index (χ3n) is 3.95. The summed E-state index contributed by atoms with van der Waals surface area (Å²) in [4.78, 5) is 14.2. The molecule has 0 aliphatic carbocycles. The highest BCUT2D eigenvalue weighted by Crippen LogP contribution is 2.15. The molecule has 0 atom stereocenters. The number of rotatable bonds is 6. The summed E-state index contributed by atoms with van der Waals surface area (Å²) in [5, 5.41) is 11.1. The minimum absolute atomic E-state index is 0. The number of H-pyrrole nitrogens is 1. The number of hydrogen-bond donors (Lipinski definition) is 2. The number of benzene rings is 1. The second-order valence-electron chi connectivity index (χ2n) is 5.59. The molecular weight excluding hydrogens is 328 g/mol. The van der Waals surface area contributed by atoms with Crippen molar-refractivity contribution in [2.45, 2.75) is 6.42 Å². The lowest BCUT2D eigenvalue weighted by Gasteiger charge is -2.26. The first-order valence-electron chi connectivity index (χ1n) is 8.02. The Kier molecular flexibility index (Phi) is 7.24. The number of hydrogen-bond acceptors (Lipinski definition) is 4. The molecule has 0 spiro atoms. The van der Waals surface area contributed by atoms with Crippen LogP contribution in [-0.4, -0.2) is 60.4 Å². The maximum Gasteiger partial charge on any atom is 0.244 e. The van der Waals surface area contributed by atoms with Crippen molar-refractivity contribution < 1.29 is 9.53 Å². The smallest absolute Gasteiger partial charge is 0.244 e. The number of nitrogens with zero attached hydrogens (tertiary/aromatic N) is 2. The van der Waals surface area contributed by atoms with Crippen molar-refractivity contribution in [2.75, 3.05) is 39.4 Å². The first-order valence-corrected chi connectivity index (χ1v) is 8.02. The van der Waals surface area contributed by atoms with E-state index in [1.165, 1.54) is 6.08 Å². The van der Waals surface area contributed by atoms with Gasteiger partial charge in [0, 0.05) is 31.1 Å². The summed E-state index contributed by atoms with van der Waals surface area (Å²) in [6.07, 6.45) is 4.23. The number of aromatic nitrogens is 2. The van der Waals surface area contributed by atoms with E-state index in [0.29, 0.717) is 6.54 Å². The van der Waals surface area contributed by atoms with Crippen LogP contribution in [0.1, 0.15) is 12.1 Å². The van der Waals surface area contributed by atoms with E-state index in [4.69, 9.17) is 4.74 Å². The zero-order valence-corrected chi connectivity index (χ0v) is 14.3. The Morgan fingerprint density at radius 1 is 1.33 bits per heavy atom. The quantitative estimate of drug-likeness (QED) is 0.616. The van der Waals surface area contributed by atoms with Crippen LogP contribution in [0.25, 0.3) is 17.0 Å². The summed E-state index contributed by atoms with van der Waals surface area (Å²) < 4.78 is 5.31. The van der Waals surface area contributed by atoms with Crippen LogP contribution in [0.15, 0.2) is 30.3 Å². The molecule has 1 aliphatic rings. The van der Waals surface area contributed by atoms with E-state index in [2.05, 4.69) is 20.4 Å². The fourth-order valence-electron chi connectivity index (χ4n) is 2.66. The Morgan fingerprint density at radius 3 is 2.96 bits per heavy atom. The number of halogens is 1. The van der Waals surface area contributed by atoms with E-state index in [0.717, 1.165) is 55.9 Å². The van der Waals surface area contributed by atoms with E-state index >= 15 is 0 Å². The van der Waals surface area contributed by atoms with Crippen molar-refractivity contribution in [1.29, 1.82) is 0 Å². The molecule has 1 aromatic carbocycles. The molecule has 24 heavy (non-hydrogen) atoms. The lowest BCUT2D eigenvalue weighted by atomic mass is 10.2. The number of ether oxygens (including phenoxy) is 1. The third-order valence-corrected chi connectivity index (χ3v) is 3.95. The van der Waals surface area contributed by atoms with Crippen LogP contribution in [0.5, 0.6) is 0 Å². The maximum absolute atomic E-state index is 11.9. The van der Waals surface area contributed by atoms with Gasteiger partial charge in [0.2, 0.25) is 5.91 Å². The normalized spacial score (nSPS) is 15.5. The molecule has 0 bridgehead atoms. The minimum atomic E-state index is -0.0842. The summed E-state index contributed by atoms with van der Waals surface area (Å²) in [6, 6.07) is 7.86. The summed E-state index contributed by atoms with van der Waals surface area (Å²) in [5.41, 5.74) is 1.75. The van der Waals surface area contributed by atoms with Crippen LogP contribution >= 0.6 is 12.4 Å². The molecule has 130 valence electrons. The van der Waals surface area contributed by atoms with Gasteiger partial charge in [-0.3, -0.25) is 14.8 Å². The van der Waals surface area contributed by atoms with Crippen LogP contribution in [0.3, 0.4) is 0 Å². The highest BCUT2D eigenvalue weighted by Gasteiger charge is 2.09. The van der Waals surface area contributed by atoms with Crippen LogP contribution in [0.4, 0.5) is 0 Å². The van der Waals surface area contributed by atoms with Crippen LogP contribution in [0, 0.1) is 0 Å². The van der Waals surface area contributed by atoms with Gasteiger partial charge in [-0.05, 0) is 25.1 Å². The monoisotopic (exact) mass is 350 g/mol. The van der Waals surface area contributed by atoms with E-state index in [9.17, 15) is 4.79 Å². The summed E-state index contributed by atoms with van der Waals surface area (Å²) in [7, 11) is 0. The van der Waals surface area contributed by atoms with Gasteiger partial charge >= 0.3 is 0 Å². The van der Waals surface area contributed by atoms with E-state index in [-0.39, 0.29) is 18.3 Å². The summed E-state index contributed by atoms with van der Waals surface area (Å²) in [5.74, 6) is -0.0842. The van der Waals surface area contributed by atoms with Crippen LogP contribution in [-0.2, 0) is 9.53 Å². The van der Waals surface area contributed by atoms with E-state index < -0.39 is 0 Å². The zero-order chi connectivity index (χ0) is 15.9.